The number of hydrogen-bond acceptors (Lipinski definition) is 2. The first-order chi connectivity index (χ1) is 12.2. The van der Waals surface area contributed by atoms with Crippen LogP contribution in [0, 0.1) is 6.92 Å². The molecule has 25 heavy (non-hydrogen) atoms. The van der Waals surface area contributed by atoms with Crippen molar-refractivity contribution >= 4 is 11.0 Å². The highest BCUT2D eigenvalue weighted by molar-refractivity contribution is 5.76. The molecule has 4 rings (SSSR count). The Balaban J connectivity index is 1.85. The van der Waals surface area contributed by atoms with Crippen molar-refractivity contribution in [2.75, 3.05) is 0 Å². The number of hydrogen-bond donors (Lipinski definition) is 1. The molecule has 0 aliphatic heterocycles. The first kappa shape index (κ1) is 15.6. The van der Waals surface area contributed by atoms with E-state index in [1.54, 1.807) is 0 Å². The zero-order valence-corrected chi connectivity index (χ0v) is 14.1. The minimum absolute atomic E-state index is 0.677. The second-order valence-corrected chi connectivity index (χ2v) is 6.28. The number of benzene rings is 3. The highest BCUT2D eigenvalue weighted by Gasteiger charge is 2.20. The number of para-hydroxylation sites is 2. The van der Waals surface area contributed by atoms with Gasteiger partial charge in [0.2, 0.25) is 0 Å². The van der Waals surface area contributed by atoms with Crippen LogP contribution in [0.4, 0.5) is 0 Å². The third-order valence-electron chi connectivity index (χ3n) is 4.63. The summed E-state index contributed by atoms with van der Waals surface area (Å²) in [5.74, 6) is 0.677. The molecule has 1 N–H and O–H groups in total. The van der Waals surface area contributed by atoms with Gasteiger partial charge in [-0.25, -0.2) is 4.98 Å². The van der Waals surface area contributed by atoms with E-state index < -0.39 is 6.10 Å². The highest BCUT2D eigenvalue weighted by atomic mass is 16.3. The number of fused-ring (bicyclic) bond motifs is 1. The van der Waals surface area contributed by atoms with Crippen LogP contribution in [-0.2, 0) is 6.54 Å². The predicted octanol–water partition coefficient (Wildman–Crippen LogP) is 4.47. The third kappa shape index (κ3) is 2.94. The number of aliphatic hydroxyl groups is 1. The van der Waals surface area contributed by atoms with Crippen molar-refractivity contribution in [3.8, 4) is 0 Å². The van der Waals surface area contributed by atoms with Crippen LogP contribution in [0.5, 0.6) is 0 Å². The Hall–Kier alpha value is -2.91. The standard InChI is InChI=1S/C22H20N2O/c1-16-9-5-6-12-18(16)15-24-20-14-8-7-13-19(20)23-22(24)21(25)17-10-3-2-4-11-17/h2-14,21,25H,15H2,1H3/t21-/m0/s1. The number of imidazole rings is 1. The second kappa shape index (κ2) is 6.54. The average molecular weight is 328 g/mol. The number of aryl methyl sites for hydroxylation is 1. The van der Waals surface area contributed by atoms with Crippen LogP contribution in [-0.4, -0.2) is 14.7 Å². The minimum Gasteiger partial charge on any atom is -0.380 e. The predicted molar refractivity (Wildman–Crippen MR) is 101 cm³/mol. The van der Waals surface area contributed by atoms with Gasteiger partial charge in [0.25, 0.3) is 0 Å². The van der Waals surface area contributed by atoms with Crippen molar-refractivity contribution in [1.29, 1.82) is 0 Å². The normalized spacial score (nSPS) is 12.4. The lowest BCUT2D eigenvalue weighted by Crippen LogP contribution is -2.11. The minimum atomic E-state index is -0.752. The molecule has 0 saturated carbocycles. The van der Waals surface area contributed by atoms with Crippen LogP contribution >= 0.6 is 0 Å². The SMILES string of the molecule is Cc1ccccc1Cn1c([C@@H](O)c2ccccc2)nc2ccccc21. The summed E-state index contributed by atoms with van der Waals surface area (Å²) in [6, 6.07) is 26.1. The molecule has 0 amide bonds. The Morgan fingerprint density at radius 1 is 0.880 bits per heavy atom. The zero-order chi connectivity index (χ0) is 17.2. The fourth-order valence-corrected chi connectivity index (χ4v) is 3.21. The van der Waals surface area contributed by atoms with Gasteiger partial charge in [-0.2, -0.15) is 0 Å². The Bertz CT molecular complexity index is 1000. The molecule has 0 aliphatic carbocycles. The van der Waals surface area contributed by atoms with Crippen molar-refractivity contribution < 1.29 is 5.11 Å². The molecule has 0 saturated heterocycles. The lowest BCUT2D eigenvalue weighted by Gasteiger charge is -2.15. The van der Waals surface area contributed by atoms with Crippen LogP contribution in [0.3, 0.4) is 0 Å². The fourth-order valence-electron chi connectivity index (χ4n) is 3.21. The Kier molecular flexibility index (Phi) is 4.08. The summed E-state index contributed by atoms with van der Waals surface area (Å²) in [6.07, 6.45) is -0.752. The molecule has 3 heteroatoms. The number of rotatable bonds is 4. The molecule has 1 aromatic heterocycles. The summed E-state index contributed by atoms with van der Waals surface area (Å²) in [7, 11) is 0. The van der Waals surface area contributed by atoms with Gasteiger partial charge in [0.1, 0.15) is 11.9 Å². The maximum atomic E-state index is 10.9. The summed E-state index contributed by atoms with van der Waals surface area (Å²) in [4.78, 5) is 4.73. The molecule has 3 aromatic carbocycles. The molecular formula is C22H20N2O. The number of nitrogens with zero attached hydrogens (tertiary/aromatic N) is 2. The molecule has 124 valence electrons. The first-order valence-electron chi connectivity index (χ1n) is 8.47. The van der Waals surface area contributed by atoms with Gasteiger partial charge >= 0.3 is 0 Å². The maximum Gasteiger partial charge on any atom is 0.143 e. The zero-order valence-electron chi connectivity index (χ0n) is 14.1. The Morgan fingerprint density at radius 3 is 2.36 bits per heavy atom. The summed E-state index contributed by atoms with van der Waals surface area (Å²) >= 11 is 0. The molecule has 0 bridgehead atoms. The van der Waals surface area contributed by atoms with Crippen molar-refractivity contribution in [3.05, 3.63) is 101 Å². The van der Waals surface area contributed by atoms with E-state index in [9.17, 15) is 5.11 Å². The van der Waals surface area contributed by atoms with Crippen molar-refractivity contribution in [3.63, 3.8) is 0 Å². The van der Waals surface area contributed by atoms with Gasteiger partial charge in [-0.05, 0) is 35.7 Å². The van der Waals surface area contributed by atoms with E-state index in [0.717, 1.165) is 16.6 Å². The van der Waals surface area contributed by atoms with Crippen molar-refractivity contribution in [1.82, 2.24) is 9.55 Å². The van der Waals surface area contributed by atoms with Crippen LogP contribution < -0.4 is 0 Å². The summed E-state index contributed by atoms with van der Waals surface area (Å²) in [6.45, 7) is 2.80. The number of aliphatic hydroxyl groups excluding tert-OH is 1. The van der Waals surface area contributed by atoms with Gasteiger partial charge in [0, 0.05) is 6.54 Å². The number of aromatic nitrogens is 2. The van der Waals surface area contributed by atoms with E-state index >= 15 is 0 Å². The second-order valence-electron chi connectivity index (χ2n) is 6.28. The van der Waals surface area contributed by atoms with Crippen LogP contribution in [0.1, 0.15) is 28.6 Å². The van der Waals surface area contributed by atoms with E-state index in [2.05, 4.69) is 35.8 Å². The lowest BCUT2D eigenvalue weighted by molar-refractivity contribution is 0.206. The molecule has 4 aromatic rings. The van der Waals surface area contributed by atoms with Gasteiger partial charge < -0.3 is 9.67 Å². The van der Waals surface area contributed by atoms with E-state index in [1.165, 1.54) is 11.1 Å². The largest absolute Gasteiger partial charge is 0.380 e. The summed E-state index contributed by atoms with van der Waals surface area (Å²) < 4.78 is 2.12. The van der Waals surface area contributed by atoms with E-state index in [1.807, 2.05) is 54.6 Å². The van der Waals surface area contributed by atoms with E-state index in [4.69, 9.17) is 4.98 Å². The molecule has 0 aliphatic rings. The van der Waals surface area contributed by atoms with Gasteiger partial charge in [-0.3, -0.25) is 0 Å². The van der Waals surface area contributed by atoms with Gasteiger partial charge in [0.15, 0.2) is 0 Å². The Labute approximate surface area is 147 Å². The molecule has 0 unspecified atom stereocenters. The third-order valence-corrected chi connectivity index (χ3v) is 4.63. The molecule has 1 atom stereocenters. The topological polar surface area (TPSA) is 38.0 Å². The van der Waals surface area contributed by atoms with Crippen LogP contribution in [0.25, 0.3) is 11.0 Å². The van der Waals surface area contributed by atoms with Crippen molar-refractivity contribution in [2.24, 2.45) is 0 Å². The van der Waals surface area contributed by atoms with Crippen LogP contribution in [0.15, 0.2) is 78.9 Å². The fraction of sp³-hybridized carbons (Fsp3) is 0.136. The highest BCUT2D eigenvalue weighted by Crippen LogP contribution is 2.27. The van der Waals surface area contributed by atoms with Crippen molar-refractivity contribution in [2.45, 2.75) is 19.6 Å². The summed E-state index contributed by atoms with van der Waals surface area (Å²) in [5, 5.41) is 10.9. The Morgan fingerprint density at radius 2 is 1.56 bits per heavy atom. The lowest BCUT2D eigenvalue weighted by atomic mass is 10.1. The summed E-state index contributed by atoms with van der Waals surface area (Å²) in [5.41, 5.74) is 5.26. The smallest absolute Gasteiger partial charge is 0.143 e. The van der Waals surface area contributed by atoms with E-state index in [0.29, 0.717) is 12.4 Å². The molecule has 0 radical (unpaired) electrons. The molecule has 0 spiro atoms. The molecular weight excluding hydrogens is 308 g/mol. The maximum absolute atomic E-state index is 10.9. The monoisotopic (exact) mass is 328 g/mol. The molecule has 1 heterocycles. The van der Waals surface area contributed by atoms with E-state index in [-0.39, 0.29) is 0 Å². The van der Waals surface area contributed by atoms with Gasteiger partial charge in [-0.1, -0.05) is 66.7 Å². The van der Waals surface area contributed by atoms with Gasteiger partial charge in [0.05, 0.1) is 11.0 Å². The molecule has 0 fully saturated rings. The first-order valence-corrected chi connectivity index (χ1v) is 8.47. The van der Waals surface area contributed by atoms with Gasteiger partial charge in [-0.15, -0.1) is 0 Å². The molecule has 3 nitrogen and oxygen atoms in total. The quantitative estimate of drug-likeness (QED) is 0.600. The average Bonchev–Trinajstić information content (AvgIpc) is 3.02. The van der Waals surface area contributed by atoms with Crippen LogP contribution in [0.2, 0.25) is 0 Å².